The molecule has 0 aliphatic rings. The zero-order chi connectivity index (χ0) is 14.5. The largest absolute Gasteiger partial charge is 0.486 e. The molecule has 2 rings (SSSR count). The number of hydrogen-bond donors (Lipinski definition) is 0. The van der Waals surface area contributed by atoms with Crippen molar-refractivity contribution in [3.8, 4) is 5.75 Å². The lowest BCUT2D eigenvalue weighted by molar-refractivity contribution is 0.290. The van der Waals surface area contributed by atoms with Crippen LogP contribution in [0.2, 0.25) is 0 Å². The molecular formula is C15H18Br2N2O. The van der Waals surface area contributed by atoms with E-state index in [4.69, 9.17) is 4.74 Å². The van der Waals surface area contributed by atoms with Crippen molar-refractivity contribution in [3.05, 3.63) is 45.7 Å². The summed E-state index contributed by atoms with van der Waals surface area (Å²) in [6.45, 7) is 5.61. The lowest BCUT2D eigenvalue weighted by Crippen LogP contribution is -2.06. The minimum absolute atomic E-state index is 0.535. The lowest BCUT2D eigenvalue weighted by Gasteiger charge is -2.10. The van der Waals surface area contributed by atoms with Crippen LogP contribution in [0.15, 0.2) is 28.7 Å². The number of ether oxygens (including phenoxy) is 1. The molecular weight excluding hydrogens is 384 g/mol. The summed E-state index contributed by atoms with van der Waals surface area (Å²) in [4.78, 5) is 0. The maximum absolute atomic E-state index is 5.90. The monoisotopic (exact) mass is 400 g/mol. The van der Waals surface area contributed by atoms with E-state index in [0.717, 1.165) is 39.9 Å². The fraction of sp³-hybridized carbons (Fsp3) is 0.400. The van der Waals surface area contributed by atoms with Gasteiger partial charge in [-0.1, -0.05) is 28.9 Å². The van der Waals surface area contributed by atoms with Crippen LogP contribution in [0, 0.1) is 0 Å². The molecule has 1 aromatic heterocycles. The van der Waals surface area contributed by atoms with Gasteiger partial charge in [-0.05, 0) is 53.0 Å². The first-order chi connectivity index (χ1) is 9.67. The normalized spacial score (nSPS) is 10.8. The van der Waals surface area contributed by atoms with E-state index in [1.165, 1.54) is 5.56 Å². The fourth-order valence-electron chi connectivity index (χ4n) is 1.97. The van der Waals surface area contributed by atoms with Crippen molar-refractivity contribution in [2.45, 2.75) is 38.8 Å². The van der Waals surface area contributed by atoms with Crippen LogP contribution in [0.4, 0.5) is 0 Å². The molecule has 0 aliphatic heterocycles. The number of alkyl halides is 1. The molecule has 108 valence electrons. The Morgan fingerprint density at radius 2 is 2.05 bits per heavy atom. The van der Waals surface area contributed by atoms with Crippen LogP contribution in [0.1, 0.15) is 30.8 Å². The van der Waals surface area contributed by atoms with Gasteiger partial charge in [0.15, 0.2) is 0 Å². The van der Waals surface area contributed by atoms with Crippen LogP contribution >= 0.6 is 31.9 Å². The summed E-state index contributed by atoms with van der Waals surface area (Å²) in [5.74, 6) is 0.858. The third-order valence-electron chi connectivity index (χ3n) is 3.10. The number of aryl methyl sites for hydroxylation is 2. The Labute approximate surface area is 136 Å². The van der Waals surface area contributed by atoms with E-state index < -0.39 is 0 Å². The van der Waals surface area contributed by atoms with Gasteiger partial charge in [0, 0.05) is 11.9 Å². The van der Waals surface area contributed by atoms with Crippen molar-refractivity contribution in [1.82, 2.24) is 9.78 Å². The van der Waals surface area contributed by atoms with Crippen molar-refractivity contribution in [3.63, 3.8) is 0 Å². The Balaban J connectivity index is 2.10. The third kappa shape index (κ3) is 3.64. The molecule has 0 saturated heterocycles. The molecule has 0 spiro atoms. The Kier molecular flexibility index (Phi) is 5.66. The van der Waals surface area contributed by atoms with Gasteiger partial charge in [-0.3, -0.25) is 4.68 Å². The topological polar surface area (TPSA) is 27.1 Å². The quantitative estimate of drug-likeness (QED) is 0.655. The van der Waals surface area contributed by atoms with Gasteiger partial charge in [-0.25, -0.2) is 0 Å². The third-order valence-corrected chi connectivity index (χ3v) is 4.37. The zero-order valence-electron chi connectivity index (χ0n) is 11.7. The molecule has 1 aromatic carbocycles. The molecule has 0 radical (unpaired) electrons. The molecule has 20 heavy (non-hydrogen) atoms. The van der Waals surface area contributed by atoms with Crippen LogP contribution in [0.25, 0.3) is 0 Å². The maximum atomic E-state index is 5.90. The highest BCUT2D eigenvalue weighted by atomic mass is 79.9. The van der Waals surface area contributed by atoms with Crippen LogP contribution in [-0.2, 0) is 24.9 Å². The Morgan fingerprint density at radius 3 is 2.65 bits per heavy atom. The summed E-state index contributed by atoms with van der Waals surface area (Å²) in [5.41, 5.74) is 3.44. The molecule has 0 bridgehead atoms. The number of benzene rings is 1. The molecule has 3 nitrogen and oxygen atoms in total. The molecule has 0 fully saturated rings. The molecule has 0 saturated carbocycles. The number of rotatable bonds is 6. The molecule has 0 N–H and O–H groups in total. The molecule has 2 aromatic rings. The van der Waals surface area contributed by atoms with E-state index in [2.05, 4.69) is 69.0 Å². The van der Waals surface area contributed by atoms with Crippen molar-refractivity contribution in [2.24, 2.45) is 0 Å². The molecule has 0 atom stereocenters. The van der Waals surface area contributed by atoms with Gasteiger partial charge in [0.25, 0.3) is 0 Å². The van der Waals surface area contributed by atoms with E-state index in [-0.39, 0.29) is 0 Å². The van der Waals surface area contributed by atoms with E-state index >= 15 is 0 Å². The lowest BCUT2D eigenvalue weighted by atomic mass is 10.2. The second-order valence-corrected chi connectivity index (χ2v) is 5.90. The highest BCUT2D eigenvalue weighted by Crippen LogP contribution is 2.27. The van der Waals surface area contributed by atoms with Crippen LogP contribution in [0.5, 0.6) is 5.75 Å². The van der Waals surface area contributed by atoms with Gasteiger partial charge < -0.3 is 4.74 Å². The van der Waals surface area contributed by atoms with Gasteiger partial charge in [0.2, 0.25) is 0 Å². The molecule has 1 heterocycles. The van der Waals surface area contributed by atoms with Crippen LogP contribution < -0.4 is 4.74 Å². The van der Waals surface area contributed by atoms with E-state index in [1.807, 2.05) is 10.7 Å². The van der Waals surface area contributed by atoms with Crippen LogP contribution in [0.3, 0.4) is 0 Å². The number of hydrogen-bond acceptors (Lipinski definition) is 2. The fourth-order valence-corrected chi connectivity index (χ4v) is 2.86. The van der Waals surface area contributed by atoms with Gasteiger partial charge in [-0.2, -0.15) is 5.10 Å². The summed E-state index contributed by atoms with van der Waals surface area (Å²) in [7, 11) is 0. The Morgan fingerprint density at radius 1 is 1.25 bits per heavy atom. The first kappa shape index (κ1) is 15.6. The Bertz CT molecular complexity index is 581. The van der Waals surface area contributed by atoms with Gasteiger partial charge in [0.1, 0.15) is 12.4 Å². The van der Waals surface area contributed by atoms with Crippen molar-refractivity contribution >= 4 is 31.9 Å². The van der Waals surface area contributed by atoms with Crippen molar-refractivity contribution in [1.29, 1.82) is 0 Å². The Hall–Kier alpha value is -0.810. The predicted molar refractivity (Wildman–Crippen MR) is 88.4 cm³/mol. The minimum Gasteiger partial charge on any atom is -0.486 e. The number of nitrogens with zero attached hydrogens (tertiary/aromatic N) is 2. The van der Waals surface area contributed by atoms with Crippen LogP contribution in [-0.4, -0.2) is 9.78 Å². The average Bonchev–Trinajstić information content (AvgIpc) is 2.88. The van der Waals surface area contributed by atoms with Crippen molar-refractivity contribution in [2.75, 3.05) is 0 Å². The van der Waals surface area contributed by atoms with E-state index in [9.17, 15) is 0 Å². The van der Waals surface area contributed by atoms with Gasteiger partial charge in [0.05, 0.1) is 15.9 Å². The second-order valence-electron chi connectivity index (χ2n) is 4.48. The summed E-state index contributed by atoms with van der Waals surface area (Å²) >= 11 is 7.00. The molecule has 5 heteroatoms. The predicted octanol–water partition coefficient (Wildman–Crippen LogP) is 4.70. The van der Waals surface area contributed by atoms with E-state index in [0.29, 0.717) is 6.61 Å². The van der Waals surface area contributed by atoms with E-state index in [1.54, 1.807) is 0 Å². The minimum atomic E-state index is 0.535. The van der Waals surface area contributed by atoms with Crippen molar-refractivity contribution < 1.29 is 4.74 Å². The highest BCUT2D eigenvalue weighted by molar-refractivity contribution is 9.10. The zero-order valence-corrected chi connectivity index (χ0v) is 14.9. The SMILES string of the molecule is CCc1cc(COc2ccc(CBr)cc2Br)n(CC)n1. The molecule has 0 amide bonds. The molecule has 0 unspecified atom stereocenters. The first-order valence-corrected chi connectivity index (χ1v) is 8.62. The summed E-state index contributed by atoms with van der Waals surface area (Å²) in [6.07, 6.45) is 0.948. The standard InChI is InChI=1S/C15H18Br2N2O/c1-3-12-8-13(19(4-2)18-12)10-20-15-6-5-11(9-16)7-14(15)17/h5-8H,3-4,9-10H2,1-2H3. The number of aromatic nitrogens is 2. The smallest absolute Gasteiger partial charge is 0.134 e. The molecule has 0 aliphatic carbocycles. The first-order valence-electron chi connectivity index (χ1n) is 6.70. The summed E-state index contributed by atoms with van der Waals surface area (Å²) in [6, 6.07) is 8.24. The maximum Gasteiger partial charge on any atom is 0.134 e. The second kappa shape index (κ2) is 7.27. The highest BCUT2D eigenvalue weighted by Gasteiger charge is 2.08. The van der Waals surface area contributed by atoms with Gasteiger partial charge in [-0.15, -0.1) is 0 Å². The van der Waals surface area contributed by atoms with Gasteiger partial charge >= 0.3 is 0 Å². The summed E-state index contributed by atoms with van der Waals surface area (Å²) < 4.78 is 8.88. The summed E-state index contributed by atoms with van der Waals surface area (Å²) in [5, 5.41) is 5.37. The average molecular weight is 402 g/mol. The number of halogens is 2.